The summed E-state index contributed by atoms with van der Waals surface area (Å²) >= 11 is 0. The summed E-state index contributed by atoms with van der Waals surface area (Å²) < 4.78 is 32.9. The first-order valence-electron chi connectivity index (χ1n) is 46.6. The molecule has 0 aliphatic carbocycles. The highest BCUT2D eigenvalue weighted by Gasteiger charge is 2.45. The molecule has 129 heavy (non-hydrogen) atoms. The van der Waals surface area contributed by atoms with Crippen molar-refractivity contribution in [3.8, 4) is 0 Å². The Hall–Kier alpha value is -8.71. The average Bonchev–Trinajstić information content (AvgIpc) is 0.820. The van der Waals surface area contributed by atoms with Crippen LogP contribution >= 0.6 is 0 Å². The molecule has 0 radical (unpaired) electrons. The highest BCUT2D eigenvalue weighted by Crippen LogP contribution is 2.42. The number of carbonyl (C=O) groups excluding carboxylic acids is 3. The highest BCUT2D eigenvalue weighted by atomic mass is 28.4. The lowest BCUT2D eigenvalue weighted by Crippen LogP contribution is -2.56. The largest absolute Gasteiger partial charge is 0.481 e. The van der Waals surface area contributed by atoms with E-state index in [4.69, 9.17) is 33.3 Å². The number of alkyl carbamates (subject to hydrolysis) is 1. The molecule has 15 nitrogen and oxygen atoms in total. The van der Waals surface area contributed by atoms with Crippen molar-refractivity contribution < 1.29 is 46.7 Å². The van der Waals surface area contributed by atoms with Gasteiger partial charge in [0.2, 0.25) is 11.8 Å². The standard InChI is InChI=1S/C33H44N2O4Si.C26H39NO2Si.C24H37NOSi.C17H31NOSi.C10H12O2/c1-26(36)35(23-28-18-12-8-13-19-28)24-31(39-40(5,6)33(2,3)4)30(22-27-16-10-7-11-17-27)34-32(37)38-25-29-20-14-9-15-21-29;1-21(18-23-14-10-8-11-15-23)25(29-30(6,7)26(3,4)5)20-27(22(2)28)19-24-16-12-9-13-17-24;1-20(17-21-13-9-7-10-14-21)23(26-27(5,6)24(2,3)4)19-25-18-22-15-11-8-12-16-22;1-14(12-15-10-8-7-9-11-15)16(13-18)19-20(5,6)17(2,3)4;1-8(10(11)12)7-9-5-3-2-4-6-9/h7-21,30-31H,22-25H2,1-6H3,(H,34,37);8-17,21,25H,18-20H2,1-7H3;7-16,20,23,25H,17-19H2,1-6H3;7-11,14,16H,12-13,18H2,1-6H3;2-6,8H,7H2,1H3,(H,11,12)/t30-,31-;21-,25-;20-,23-;14-,16-;8-/m00000/s1. The van der Waals surface area contributed by atoms with Gasteiger partial charge in [-0.25, -0.2) is 4.79 Å². The number of hydrogen-bond acceptors (Lipinski definition) is 11. The minimum Gasteiger partial charge on any atom is -0.481 e. The van der Waals surface area contributed by atoms with E-state index in [1.54, 1.807) is 20.8 Å². The summed E-state index contributed by atoms with van der Waals surface area (Å²) in [5.41, 5.74) is 16.6. The van der Waals surface area contributed by atoms with Crippen molar-refractivity contribution in [3.05, 3.63) is 323 Å². The Morgan fingerprint density at radius 2 is 0.605 bits per heavy atom. The molecule has 19 heteroatoms. The SMILES string of the molecule is CC(=O)N(Cc1ccccc1)C[C@H](O[Si](C)(C)C(C)(C)C)[C@@H](C)Cc1ccccc1.CC(=O)N(Cc1ccccc1)C[C@H](O[Si](C)(C)C(C)(C)C)[C@H](Cc1ccccc1)NC(=O)OCc1ccccc1.C[C@@H](Cc1ccccc1)C(=O)O.C[C@@H](Cc1ccccc1)[C@H](CN)O[Si](C)(C)C(C)(C)C.C[C@@H](Cc1ccccc1)[C@H](CNCc1ccccc1)O[Si](C)(C)C(C)(C)C. The first-order chi connectivity index (χ1) is 60.5. The number of carboxylic acid groups (broad SMARTS) is 1. The third kappa shape index (κ3) is 40.9. The summed E-state index contributed by atoms with van der Waals surface area (Å²) in [4.78, 5) is 52.8. The van der Waals surface area contributed by atoms with Crippen LogP contribution in [0.5, 0.6) is 0 Å². The summed E-state index contributed by atoms with van der Waals surface area (Å²) in [6, 6.07) is 91.6. The van der Waals surface area contributed by atoms with E-state index in [0.29, 0.717) is 63.3 Å². The van der Waals surface area contributed by atoms with Gasteiger partial charge in [-0.3, -0.25) is 14.4 Å². The predicted molar refractivity (Wildman–Crippen MR) is 549 cm³/mol. The molecule has 0 heterocycles. The van der Waals surface area contributed by atoms with Gasteiger partial charge in [-0.05, 0) is 172 Å². The minimum atomic E-state index is -2.29. The van der Waals surface area contributed by atoms with E-state index in [2.05, 4.69) is 300 Å². The number of hydrogen-bond donors (Lipinski definition) is 4. The van der Waals surface area contributed by atoms with E-state index in [0.717, 1.165) is 60.2 Å². The fraction of sp³-hybridized carbons (Fsp3) is 0.473. The van der Waals surface area contributed by atoms with Crippen LogP contribution in [0, 0.1) is 23.7 Å². The molecule has 9 atom stereocenters. The second kappa shape index (κ2) is 53.7. The molecule has 0 saturated carbocycles. The van der Waals surface area contributed by atoms with Crippen molar-refractivity contribution in [2.24, 2.45) is 29.4 Å². The lowest BCUT2D eigenvalue weighted by molar-refractivity contribution is -0.141. The van der Waals surface area contributed by atoms with Gasteiger partial charge in [0.15, 0.2) is 33.3 Å². The molecular weight excluding hydrogens is 1660 g/mol. The van der Waals surface area contributed by atoms with Crippen molar-refractivity contribution >= 4 is 57.1 Å². The van der Waals surface area contributed by atoms with Crippen LogP contribution in [-0.2, 0) is 95.2 Å². The Labute approximate surface area is 783 Å². The summed E-state index contributed by atoms with van der Waals surface area (Å²) in [6.07, 6.45) is 3.57. The van der Waals surface area contributed by atoms with E-state index >= 15 is 0 Å². The average molecular weight is 1830 g/mol. The number of nitrogens with zero attached hydrogens (tertiary/aromatic N) is 2. The van der Waals surface area contributed by atoms with Crippen LogP contribution in [0.1, 0.15) is 175 Å². The Morgan fingerprint density at radius 3 is 0.915 bits per heavy atom. The number of nitrogens with two attached hydrogens (primary N) is 1. The first-order valence-corrected chi connectivity index (χ1v) is 58.3. The van der Waals surface area contributed by atoms with Crippen LogP contribution in [0.2, 0.25) is 72.5 Å². The number of ether oxygens (including phenoxy) is 1. The molecule has 0 bridgehead atoms. The van der Waals surface area contributed by atoms with Crippen molar-refractivity contribution in [1.82, 2.24) is 20.4 Å². The number of rotatable bonds is 39. The number of carbonyl (C=O) groups is 4. The molecule has 0 spiro atoms. The van der Waals surface area contributed by atoms with Gasteiger partial charge in [-0.2, -0.15) is 0 Å². The highest BCUT2D eigenvalue weighted by molar-refractivity contribution is 6.75. The number of aliphatic carboxylic acids is 1. The van der Waals surface area contributed by atoms with Crippen LogP contribution in [-0.4, -0.2) is 129 Å². The van der Waals surface area contributed by atoms with E-state index in [1.165, 1.54) is 22.3 Å². The third-order valence-corrected chi connectivity index (χ3v) is 44.1. The molecule has 3 amide bonds. The van der Waals surface area contributed by atoms with E-state index in [1.807, 2.05) is 149 Å². The Bertz CT molecular complexity index is 4590. The monoisotopic (exact) mass is 1830 g/mol. The normalized spacial score (nSPS) is 14.1. The second-order valence-corrected chi connectivity index (χ2v) is 60.2. The van der Waals surface area contributed by atoms with Crippen molar-refractivity contribution in [2.45, 2.75) is 286 Å². The summed E-state index contributed by atoms with van der Waals surface area (Å²) in [5, 5.41) is 15.9. The van der Waals surface area contributed by atoms with Gasteiger partial charge < -0.3 is 53.7 Å². The van der Waals surface area contributed by atoms with Crippen molar-refractivity contribution in [3.63, 3.8) is 0 Å². The first kappa shape index (κ1) is 111. The number of carboxylic acids is 1. The van der Waals surface area contributed by atoms with Gasteiger partial charge in [0.1, 0.15) is 6.61 Å². The number of amides is 3. The smallest absolute Gasteiger partial charge is 0.407 e. The van der Waals surface area contributed by atoms with Gasteiger partial charge in [-0.1, -0.05) is 384 Å². The molecule has 0 saturated heterocycles. The maximum absolute atomic E-state index is 13.1. The van der Waals surface area contributed by atoms with Gasteiger partial charge in [0.25, 0.3) is 0 Å². The Morgan fingerprint density at radius 1 is 0.349 bits per heavy atom. The lowest BCUT2D eigenvalue weighted by atomic mass is 9.95. The maximum atomic E-state index is 13.1. The quantitative estimate of drug-likeness (QED) is 0.0267. The Kier molecular flexibility index (Phi) is 46.1. The molecule has 5 N–H and O–H groups in total. The van der Waals surface area contributed by atoms with Gasteiger partial charge in [-0.15, -0.1) is 0 Å². The van der Waals surface area contributed by atoms with Crippen LogP contribution in [0.15, 0.2) is 273 Å². The fourth-order valence-electron chi connectivity index (χ4n) is 13.6. The van der Waals surface area contributed by atoms with Gasteiger partial charge >= 0.3 is 12.1 Å². The second-order valence-electron chi connectivity index (χ2n) is 41.2. The van der Waals surface area contributed by atoms with Crippen LogP contribution in [0.3, 0.4) is 0 Å². The topological polar surface area (TPSA) is 191 Å². The molecule has 0 aliphatic heterocycles. The summed E-state index contributed by atoms with van der Waals surface area (Å²) in [6.45, 7) is 61.8. The van der Waals surface area contributed by atoms with E-state index in [-0.39, 0.29) is 62.8 Å². The molecule has 704 valence electrons. The maximum Gasteiger partial charge on any atom is 0.407 e. The third-order valence-electron chi connectivity index (χ3n) is 26.1. The zero-order chi connectivity index (χ0) is 95.8. The molecule has 0 aliphatic rings. The summed E-state index contributed by atoms with van der Waals surface area (Å²) in [7, 11) is -7.84. The zero-order valence-corrected chi connectivity index (χ0v) is 87.5. The van der Waals surface area contributed by atoms with Crippen LogP contribution in [0.4, 0.5) is 4.79 Å². The molecule has 9 aromatic rings. The van der Waals surface area contributed by atoms with Crippen molar-refractivity contribution in [1.29, 1.82) is 0 Å². The lowest BCUT2D eigenvalue weighted by Gasteiger charge is -2.43. The predicted octanol–water partition coefficient (Wildman–Crippen LogP) is 25.5. The van der Waals surface area contributed by atoms with E-state index < -0.39 is 57.5 Å². The fourth-order valence-corrected chi connectivity index (χ4v) is 19.3. The molecule has 0 fully saturated rings. The van der Waals surface area contributed by atoms with Gasteiger partial charge in [0, 0.05) is 59.7 Å². The molecule has 9 rings (SSSR count). The molecule has 9 aromatic carbocycles. The molecule has 0 aromatic heterocycles. The Balaban J connectivity index is 0.000000298. The zero-order valence-electron chi connectivity index (χ0n) is 83.5. The summed E-state index contributed by atoms with van der Waals surface area (Å²) in [5.74, 6) is 0.221. The number of benzene rings is 9. The van der Waals surface area contributed by atoms with E-state index in [9.17, 15) is 19.2 Å². The van der Waals surface area contributed by atoms with Crippen LogP contribution in [0.25, 0.3) is 0 Å². The molecular formula is C110H163N5O10Si4. The number of nitrogens with one attached hydrogen (secondary N) is 2. The minimum absolute atomic E-state index is 0.00119. The van der Waals surface area contributed by atoms with Crippen molar-refractivity contribution in [2.75, 3.05) is 26.2 Å². The van der Waals surface area contributed by atoms with Gasteiger partial charge in [0.05, 0.1) is 36.4 Å². The van der Waals surface area contributed by atoms with Crippen LogP contribution < -0.4 is 16.4 Å². The molecule has 0 unspecified atom stereocenters.